The molecule has 1 aliphatic rings. The Hall–Kier alpha value is -8.52. The summed E-state index contributed by atoms with van der Waals surface area (Å²) in [4.78, 5) is 15.8. The summed E-state index contributed by atoms with van der Waals surface area (Å²) in [5.74, 6) is 0.660. The van der Waals surface area contributed by atoms with Gasteiger partial charge in [-0.1, -0.05) is 166 Å². The normalized spacial score (nSPS) is 12.6. The van der Waals surface area contributed by atoms with Crippen molar-refractivity contribution in [3.05, 3.63) is 223 Å². The molecule has 0 spiro atoms. The molecule has 0 saturated heterocycles. The number of fused-ring (bicyclic) bond motifs is 9. The van der Waals surface area contributed by atoms with Gasteiger partial charge in [0, 0.05) is 39.3 Å². The van der Waals surface area contributed by atoms with Crippen LogP contribution in [0.1, 0.15) is 30.5 Å². The third kappa shape index (κ3) is 6.48. The first-order chi connectivity index (χ1) is 31.9. The van der Waals surface area contributed by atoms with Gasteiger partial charge in [0.05, 0.1) is 28.7 Å². The fraction of sp³-hybridized carbons (Fsp3) is 0.0492. The average molecular weight is 829 g/mol. The molecule has 0 saturated carbocycles. The lowest BCUT2D eigenvalue weighted by atomic mass is 9.81. The fourth-order valence-corrected chi connectivity index (χ4v) is 9.96. The van der Waals surface area contributed by atoms with Crippen LogP contribution < -0.4 is 0 Å². The molecule has 0 fully saturated rings. The summed E-state index contributed by atoms with van der Waals surface area (Å²) in [6.45, 7) is 4.52. The van der Waals surface area contributed by atoms with Crippen LogP contribution in [0.25, 0.3) is 111 Å². The van der Waals surface area contributed by atoms with Crippen LogP contribution in [0.3, 0.4) is 0 Å². The van der Waals surface area contributed by atoms with Gasteiger partial charge in [0.2, 0.25) is 0 Å². The quantitative estimate of drug-likeness (QED) is 0.157. The second kappa shape index (κ2) is 15.1. The number of benzene rings is 9. The van der Waals surface area contributed by atoms with Crippen molar-refractivity contribution >= 4 is 32.3 Å². The van der Waals surface area contributed by atoms with E-state index in [-0.39, 0.29) is 5.41 Å². The number of nitriles is 1. The summed E-state index contributed by atoms with van der Waals surface area (Å²) in [5.41, 5.74) is 16.1. The molecule has 0 amide bonds. The molecule has 4 nitrogen and oxygen atoms in total. The fourth-order valence-electron chi connectivity index (χ4n) is 9.96. The maximum absolute atomic E-state index is 9.80. The summed E-state index contributed by atoms with van der Waals surface area (Å²) >= 11 is 0. The molecule has 1 aliphatic carbocycles. The third-order valence-electron chi connectivity index (χ3n) is 13.3. The molecule has 304 valence electrons. The van der Waals surface area contributed by atoms with E-state index < -0.39 is 0 Å². The Bertz CT molecular complexity index is 3700. The van der Waals surface area contributed by atoms with E-state index in [1.54, 1.807) is 0 Å². The van der Waals surface area contributed by atoms with Gasteiger partial charge in [-0.25, -0.2) is 9.97 Å². The second-order valence-corrected chi connectivity index (χ2v) is 17.5. The Balaban J connectivity index is 1.07. The van der Waals surface area contributed by atoms with Gasteiger partial charge in [-0.15, -0.1) is 0 Å². The van der Waals surface area contributed by atoms with Crippen LogP contribution in [-0.4, -0.2) is 15.0 Å². The number of hydrogen-bond acceptors (Lipinski definition) is 4. The highest BCUT2D eigenvalue weighted by molar-refractivity contribution is 6.25. The van der Waals surface area contributed by atoms with E-state index in [9.17, 15) is 5.26 Å². The molecule has 0 aliphatic heterocycles. The van der Waals surface area contributed by atoms with Crippen molar-refractivity contribution < 1.29 is 0 Å². The molecular weight excluding hydrogens is 789 g/mol. The monoisotopic (exact) mass is 828 g/mol. The van der Waals surface area contributed by atoms with Gasteiger partial charge in [0.25, 0.3) is 0 Å². The van der Waals surface area contributed by atoms with Gasteiger partial charge < -0.3 is 0 Å². The van der Waals surface area contributed by atoms with E-state index in [2.05, 4.69) is 190 Å². The minimum absolute atomic E-state index is 0.292. The lowest BCUT2D eigenvalue weighted by Crippen LogP contribution is -2.15. The SMILES string of the molecule is CC1(C)c2cc(C#N)ccc2-c2ccc(-c3cc(-c4cc5c6ccccc6c6ccccc6c5cn4)cc(-c4cc(-c5ccc(-c6ccccc6)cc5)nc(-c5ccccc5)n4)c3)cc21. The summed E-state index contributed by atoms with van der Waals surface area (Å²) in [5, 5.41) is 16.9. The maximum Gasteiger partial charge on any atom is 0.160 e. The Morgan fingerprint density at radius 1 is 0.369 bits per heavy atom. The molecule has 0 atom stereocenters. The molecule has 12 rings (SSSR count). The van der Waals surface area contributed by atoms with Gasteiger partial charge >= 0.3 is 0 Å². The highest BCUT2D eigenvalue weighted by atomic mass is 14.9. The molecule has 65 heavy (non-hydrogen) atoms. The van der Waals surface area contributed by atoms with Crippen LogP contribution in [0.2, 0.25) is 0 Å². The van der Waals surface area contributed by atoms with Crippen molar-refractivity contribution in [2.75, 3.05) is 0 Å². The number of aromatic nitrogens is 3. The topological polar surface area (TPSA) is 62.5 Å². The van der Waals surface area contributed by atoms with E-state index in [1.807, 2.05) is 36.5 Å². The molecule has 0 unspecified atom stereocenters. The summed E-state index contributed by atoms with van der Waals surface area (Å²) in [6, 6.07) is 73.0. The average Bonchev–Trinajstić information content (AvgIpc) is 3.60. The van der Waals surface area contributed by atoms with Crippen molar-refractivity contribution in [1.29, 1.82) is 5.26 Å². The van der Waals surface area contributed by atoms with Crippen LogP contribution in [0.15, 0.2) is 206 Å². The number of pyridine rings is 1. The van der Waals surface area contributed by atoms with E-state index in [0.29, 0.717) is 11.4 Å². The van der Waals surface area contributed by atoms with Crippen LogP contribution in [-0.2, 0) is 5.41 Å². The van der Waals surface area contributed by atoms with Gasteiger partial charge in [-0.05, 0) is 120 Å². The lowest BCUT2D eigenvalue weighted by molar-refractivity contribution is 0.660. The number of hydrogen-bond donors (Lipinski definition) is 0. The van der Waals surface area contributed by atoms with Crippen molar-refractivity contribution in [1.82, 2.24) is 15.0 Å². The summed E-state index contributed by atoms with van der Waals surface area (Å²) in [6.07, 6.45) is 2.05. The van der Waals surface area contributed by atoms with Crippen molar-refractivity contribution in [3.63, 3.8) is 0 Å². The minimum Gasteiger partial charge on any atom is -0.256 e. The first-order valence-electron chi connectivity index (χ1n) is 22.0. The van der Waals surface area contributed by atoms with E-state index in [1.165, 1.54) is 54.7 Å². The number of rotatable bonds is 6. The van der Waals surface area contributed by atoms with Gasteiger partial charge in [0.1, 0.15) is 0 Å². The third-order valence-corrected chi connectivity index (χ3v) is 13.3. The second-order valence-electron chi connectivity index (χ2n) is 17.5. The molecule has 4 heteroatoms. The van der Waals surface area contributed by atoms with E-state index >= 15 is 0 Å². The highest BCUT2D eigenvalue weighted by Gasteiger charge is 2.36. The highest BCUT2D eigenvalue weighted by Crippen LogP contribution is 2.50. The van der Waals surface area contributed by atoms with Crippen molar-refractivity contribution in [2.45, 2.75) is 19.3 Å². The van der Waals surface area contributed by atoms with Crippen LogP contribution in [0, 0.1) is 11.3 Å². The van der Waals surface area contributed by atoms with E-state index in [0.717, 1.165) is 61.4 Å². The molecular formula is C61H40N4. The van der Waals surface area contributed by atoms with E-state index in [4.69, 9.17) is 15.0 Å². The molecule has 0 radical (unpaired) electrons. The first-order valence-corrected chi connectivity index (χ1v) is 22.0. The number of nitrogens with zero attached hydrogens (tertiary/aromatic N) is 4. The Labute approximate surface area is 377 Å². The van der Waals surface area contributed by atoms with Gasteiger partial charge in [-0.2, -0.15) is 5.26 Å². The summed E-state index contributed by atoms with van der Waals surface area (Å²) in [7, 11) is 0. The molecule has 2 aromatic heterocycles. The Morgan fingerprint density at radius 3 is 1.52 bits per heavy atom. The predicted octanol–water partition coefficient (Wildman–Crippen LogP) is 15.5. The molecule has 0 bridgehead atoms. The zero-order valence-electron chi connectivity index (χ0n) is 35.9. The zero-order valence-corrected chi connectivity index (χ0v) is 35.9. The Kier molecular flexibility index (Phi) is 8.86. The summed E-state index contributed by atoms with van der Waals surface area (Å²) < 4.78 is 0. The first kappa shape index (κ1) is 38.2. The molecule has 0 N–H and O–H groups in total. The Morgan fingerprint density at radius 2 is 0.862 bits per heavy atom. The minimum atomic E-state index is -0.292. The molecule has 2 heterocycles. The smallest absolute Gasteiger partial charge is 0.160 e. The van der Waals surface area contributed by atoms with Crippen molar-refractivity contribution in [3.8, 4) is 84.6 Å². The van der Waals surface area contributed by atoms with Crippen LogP contribution in [0.5, 0.6) is 0 Å². The maximum atomic E-state index is 9.80. The largest absolute Gasteiger partial charge is 0.256 e. The van der Waals surface area contributed by atoms with Crippen LogP contribution >= 0.6 is 0 Å². The van der Waals surface area contributed by atoms with Crippen LogP contribution in [0.4, 0.5) is 0 Å². The molecule has 9 aromatic carbocycles. The molecule has 11 aromatic rings. The van der Waals surface area contributed by atoms with Crippen molar-refractivity contribution in [2.24, 2.45) is 0 Å². The van der Waals surface area contributed by atoms with Gasteiger partial charge in [0.15, 0.2) is 5.82 Å². The lowest BCUT2D eigenvalue weighted by Gasteiger charge is -2.22. The zero-order chi connectivity index (χ0) is 43.6. The van der Waals surface area contributed by atoms with Gasteiger partial charge in [-0.3, -0.25) is 4.98 Å². The standard InChI is InChI=1S/C61H40N4/c1-61(2)55-29-38(36-62)21-27-51(55)52-28-26-43(33-56(52)61)44-30-45(57-34-53-49-19-11-9-17-47(49)48-18-10-12-20-50(48)54(53)37-63-57)32-46(31-44)59-35-58(64-60(65-59)42-15-7-4-8-16-42)41-24-22-40(23-25-41)39-13-5-3-6-14-39/h3-35,37H,1-2H3. The predicted molar refractivity (Wildman–Crippen MR) is 267 cm³/mol.